The van der Waals surface area contributed by atoms with Gasteiger partial charge in [0.15, 0.2) is 0 Å². The number of hydrogen-bond donors (Lipinski definition) is 0. The zero-order valence-electron chi connectivity index (χ0n) is 15.2. The van der Waals surface area contributed by atoms with Gasteiger partial charge in [-0.25, -0.2) is 8.42 Å². The summed E-state index contributed by atoms with van der Waals surface area (Å²) in [5, 5.41) is 0. The molecule has 4 rings (SSSR count). The predicted molar refractivity (Wildman–Crippen MR) is 101 cm³/mol. The number of amides is 1. The molecule has 0 N–H and O–H groups in total. The maximum Gasteiger partial charge on any atom is 0.270 e. The summed E-state index contributed by atoms with van der Waals surface area (Å²) in [7, 11) is -3.56. The average Bonchev–Trinajstić information content (AvgIpc) is 3.39. The molecule has 2 fully saturated rings. The Morgan fingerprint density at radius 2 is 1.78 bits per heavy atom. The second-order valence-corrected chi connectivity index (χ2v) is 9.06. The average molecular weight is 388 g/mol. The minimum atomic E-state index is -3.56. The highest BCUT2D eigenvalue weighted by molar-refractivity contribution is 7.89. The number of aromatic nitrogens is 2. The fourth-order valence-electron chi connectivity index (χ4n) is 4.02. The summed E-state index contributed by atoms with van der Waals surface area (Å²) in [6, 6.07) is 7.37. The Kier molecular flexibility index (Phi) is 5.01. The molecule has 0 atom stereocenters. The van der Waals surface area contributed by atoms with Gasteiger partial charge in [-0.15, -0.1) is 0 Å². The molecule has 1 amide bonds. The Morgan fingerprint density at radius 1 is 1.04 bits per heavy atom. The van der Waals surface area contributed by atoms with Crippen LogP contribution < -0.4 is 0 Å². The minimum Gasteiger partial charge on any atom is -0.340 e. The van der Waals surface area contributed by atoms with E-state index in [1.807, 2.05) is 18.3 Å². The Bertz CT molecular complexity index is 896. The molecule has 0 unspecified atom stereocenters. The molecule has 1 aliphatic heterocycles. The second-order valence-electron chi connectivity index (χ2n) is 7.12. The molecule has 0 spiro atoms. The van der Waals surface area contributed by atoms with Crippen molar-refractivity contribution in [3.05, 3.63) is 48.5 Å². The number of carbonyl (C=O) groups excluding carboxylic acids is 1. The zero-order chi connectivity index (χ0) is 18.9. The SMILES string of the molecule is O=C(c1cccn1C1CCCC1)N1CCN(S(=O)(=O)c2cccnc2)CC1. The highest BCUT2D eigenvalue weighted by Gasteiger charge is 2.32. The van der Waals surface area contributed by atoms with Gasteiger partial charge in [0.05, 0.1) is 0 Å². The van der Waals surface area contributed by atoms with Gasteiger partial charge >= 0.3 is 0 Å². The molecule has 7 nitrogen and oxygen atoms in total. The van der Waals surface area contributed by atoms with E-state index in [9.17, 15) is 13.2 Å². The van der Waals surface area contributed by atoms with Crippen molar-refractivity contribution in [2.75, 3.05) is 26.2 Å². The first-order valence-corrected chi connectivity index (χ1v) is 10.9. The number of nitrogens with zero attached hydrogens (tertiary/aromatic N) is 4. The van der Waals surface area contributed by atoms with E-state index < -0.39 is 10.0 Å². The number of sulfonamides is 1. The van der Waals surface area contributed by atoms with Crippen molar-refractivity contribution >= 4 is 15.9 Å². The monoisotopic (exact) mass is 388 g/mol. The van der Waals surface area contributed by atoms with Gasteiger partial charge in [-0.1, -0.05) is 12.8 Å². The molecule has 1 saturated heterocycles. The van der Waals surface area contributed by atoms with Gasteiger partial charge in [0.2, 0.25) is 10.0 Å². The first-order chi connectivity index (χ1) is 13.1. The van der Waals surface area contributed by atoms with Gasteiger partial charge < -0.3 is 9.47 Å². The normalized spacial score (nSPS) is 19.5. The van der Waals surface area contributed by atoms with Crippen LogP contribution in [0.4, 0.5) is 0 Å². The molecule has 3 heterocycles. The Morgan fingerprint density at radius 3 is 2.44 bits per heavy atom. The Labute approximate surface area is 159 Å². The molecule has 2 aliphatic rings. The van der Waals surface area contributed by atoms with Crippen LogP contribution in [-0.2, 0) is 10.0 Å². The fourth-order valence-corrected chi connectivity index (χ4v) is 5.40. The van der Waals surface area contributed by atoms with E-state index in [4.69, 9.17) is 0 Å². The van der Waals surface area contributed by atoms with E-state index in [0.717, 1.165) is 12.8 Å². The molecular weight excluding hydrogens is 364 g/mol. The molecule has 1 aliphatic carbocycles. The van der Waals surface area contributed by atoms with Crippen LogP contribution in [0, 0.1) is 0 Å². The predicted octanol–water partition coefficient (Wildman–Crippen LogP) is 2.14. The summed E-state index contributed by atoms with van der Waals surface area (Å²) in [5.74, 6) is -0.00896. The van der Waals surface area contributed by atoms with Crippen molar-refractivity contribution in [3.63, 3.8) is 0 Å². The lowest BCUT2D eigenvalue weighted by Crippen LogP contribution is -2.50. The third kappa shape index (κ3) is 3.51. The topological polar surface area (TPSA) is 75.5 Å². The maximum absolute atomic E-state index is 13.0. The van der Waals surface area contributed by atoms with Crippen LogP contribution in [0.2, 0.25) is 0 Å². The highest BCUT2D eigenvalue weighted by atomic mass is 32.2. The summed E-state index contributed by atoms with van der Waals surface area (Å²) < 4.78 is 28.9. The van der Waals surface area contributed by atoms with Crippen LogP contribution in [0.15, 0.2) is 47.8 Å². The quantitative estimate of drug-likeness (QED) is 0.804. The molecule has 2 aromatic heterocycles. The summed E-state index contributed by atoms with van der Waals surface area (Å²) in [5.41, 5.74) is 0.713. The van der Waals surface area contributed by atoms with E-state index in [1.54, 1.807) is 23.2 Å². The third-order valence-corrected chi connectivity index (χ3v) is 7.40. The molecule has 0 bridgehead atoms. The second kappa shape index (κ2) is 7.44. The van der Waals surface area contributed by atoms with Gasteiger partial charge in [0, 0.05) is 50.8 Å². The lowest BCUT2D eigenvalue weighted by Gasteiger charge is -2.34. The van der Waals surface area contributed by atoms with Crippen LogP contribution >= 0.6 is 0 Å². The summed E-state index contributed by atoms with van der Waals surface area (Å²) in [6.07, 6.45) is 9.56. The maximum atomic E-state index is 13.0. The van der Waals surface area contributed by atoms with E-state index in [0.29, 0.717) is 37.9 Å². The standard InChI is InChI=1S/C19H24N4O3S/c24-19(18-8-4-10-23(18)16-5-1-2-6-16)21-11-13-22(14-12-21)27(25,26)17-7-3-9-20-15-17/h3-4,7-10,15-16H,1-2,5-6,11-14H2. The van der Waals surface area contributed by atoms with Gasteiger partial charge in [0.25, 0.3) is 5.91 Å². The fraction of sp³-hybridized carbons (Fsp3) is 0.474. The van der Waals surface area contributed by atoms with Crippen LogP contribution in [0.3, 0.4) is 0 Å². The summed E-state index contributed by atoms with van der Waals surface area (Å²) >= 11 is 0. The van der Waals surface area contributed by atoms with E-state index in [-0.39, 0.29) is 10.8 Å². The Hall–Kier alpha value is -2.19. The number of piperazine rings is 1. The number of carbonyl (C=O) groups is 1. The van der Waals surface area contributed by atoms with Gasteiger partial charge in [-0.2, -0.15) is 4.31 Å². The van der Waals surface area contributed by atoms with Crippen LogP contribution in [0.1, 0.15) is 42.2 Å². The lowest BCUT2D eigenvalue weighted by molar-refractivity contribution is 0.0684. The Balaban J connectivity index is 1.44. The zero-order valence-corrected chi connectivity index (χ0v) is 16.0. The van der Waals surface area contributed by atoms with Gasteiger partial charge in [-0.3, -0.25) is 9.78 Å². The van der Waals surface area contributed by atoms with Gasteiger partial charge in [-0.05, 0) is 37.1 Å². The van der Waals surface area contributed by atoms with Crippen molar-refractivity contribution in [1.82, 2.24) is 18.8 Å². The molecule has 2 aromatic rings. The smallest absolute Gasteiger partial charge is 0.270 e. The molecule has 8 heteroatoms. The third-order valence-electron chi connectivity index (χ3n) is 5.51. The van der Waals surface area contributed by atoms with Crippen LogP contribution in [0.5, 0.6) is 0 Å². The van der Waals surface area contributed by atoms with E-state index in [2.05, 4.69) is 9.55 Å². The van der Waals surface area contributed by atoms with Crippen LogP contribution in [-0.4, -0.2) is 59.3 Å². The molecule has 144 valence electrons. The first kappa shape index (κ1) is 18.2. The van der Waals surface area contributed by atoms with Crippen LogP contribution in [0.25, 0.3) is 0 Å². The molecule has 0 radical (unpaired) electrons. The van der Waals surface area contributed by atoms with Crippen molar-refractivity contribution in [2.24, 2.45) is 0 Å². The number of pyridine rings is 1. The molecular formula is C19H24N4O3S. The molecule has 27 heavy (non-hydrogen) atoms. The van der Waals surface area contributed by atoms with E-state index in [1.165, 1.54) is 23.3 Å². The van der Waals surface area contributed by atoms with Crippen molar-refractivity contribution in [3.8, 4) is 0 Å². The van der Waals surface area contributed by atoms with Crippen molar-refractivity contribution in [2.45, 2.75) is 36.6 Å². The molecule has 1 saturated carbocycles. The van der Waals surface area contributed by atoms with Gasteiger partial charge in [0.1, 0.15) is 10.6 Å². The van der Waals surface area contributed by atoms with Crippen molar-refractivity contribution < 1.29 is 13.2 Å². The minimum absolute atomic E-state index is 0.00896. The summed E-state index contributed by atoms with van der Waals surface area (Å²) in [4.78, 5) is 18.8. The van der Waals surface area contributed by atoms with E-state index >= 15 is 0 Å². The summed E-state index contributed by atoms with van der Waals surface area (Å²) in [6.45, 7) is 1.39. The largest absolute Gasteiger partial charge is 0.340 e. The number of hydrogen-bond acceptors (Lipinski definition) is 4. The highest BCUT2D eigenvalue weighted by Crippen LogP contribution is 2.31. The van der Waals surface area contributed by atoms with Crippen molar-refractivity contribution in [1.29, 1.82) is 0 Å². The number of rotatable bonds is 4. The molecule has 0 aromatic carbocycles. The lowest BCUT2D eigenvalue weighted by atomic mass is 10.2. The first-order valence-electron chi connectivity index (χ1n) is 9.43.